The molecule has 18 heavy (non-hydrogen) atoms. The van der Waals surface area contributed by atoms with Gasteiger partial charge in [0.15, 0.2) is 0 Å². The standard InChI is InChI=1S/C14H23ClN2O/c1-11(16)12-6-7-14(13(15)10-12)17(2)8-4-3-5-9-18/h6-7,10-11,18H,3-5,8-9,16H2,1-2H3/t11-/m1/s1. The van der Waals surface area contributed by atoms with E-state index in [-0.39, 0.29) is 12.6 Å². The van der Waals surface area contributed by atoms with Crippen molar-refractivity contribution in [2.75, 3.05) is 25.1 Å². The Hall–Kier alpha value is -0.770. The molecule has 0 aliphatic carbocycles. The second-order valence-corrected chi connectivity index (χ2v) is 5.11. The zero-order valence-electron chi connectivity index (χ0n) is 11.2. The number of unbranched alkanes of at least 4 members (excludes halogenated alkanes) is 2. The van der Waals surface area contributed by atoms with Crippen LogP contribution >= 0.6 is 11.6 Å². The second-order valence-electron chi connectivity index (χ2n) is 4.71. The number of benzene rings is 1. The van der Waals surface area contributed by atoms with Gasteiger partial charge in [0.25, 0.3) is 0 Å². The molecule has 0 amide bonds. The quantitative estimate of drug-likeness (QED) is 0.749. The number of aliphatic hydroxyl groups excluding tert-OH is 1. The van der Waals surface area contributed by atoms with Gasteiger partial charge in [-0.3, -0.25) is 0 Å². The molecule has 1 atom stereocenters. The summed E-state index contributed by atoms with van der Waals surface area (Å²) in [6.07, 6.45) is 2.96. The Bertz CT molecular complexity index is 369. The van der Waals surface area contributed by atoms with Crippen molar-refractivity contribution in [3.05, 3.63) is 28.8 Å². The predicted octanol–water partition coefficient (Wildman–Crippen LogP) is 2.96. The summed E-state index contributed by atoms with van der Waals surface area (Å²) in [7, 11) is 2.03. The van der Waals surface area contributed by atoms with Gasteiger partial charge in [-0.2, -0.15) is 0 Å². The molecule has 0 heterocycles. The first-order chi connectivity index (χ1) is 8.56. The molecule has 1 rings (SSSR count). The smallest absolute Gasteiger partial charge is 0.0642 e. The highest BCUT2D eigenvalue weighted by molar-refractivity contribution is 6.33. The maximum atomic E-state index is 8.73. The van der Waals surface area contributed by atoms with Gasteiger partial charge in [-0.05, 0) is 43.9 Å². The number of rotatable bonds is 7. The van der Waals surface area contributed by atoms with Gasteiger partial charge in [0.2, 0.25) is 0 Å². The van der Waals surface area contributed by atoms with E-state index in [0.29, 0.717) is 0 Å². The SMILES string of the molecule is C[C@@H](N)c1ccc(N(C)CCCCCO)c(Cl)c1. The van der Waals surface area contributed by atoms with Crippen LogP contribution in [0.4, 0.5) is 5.69 Å². The Balaban J connectivity index is 2.60. The molecule has 0 fully saturated rings. The van der Waals surface area contributed by atoms with Crippen LogP contribution in [0.15, 0.2) is 18.2 Å². The van der Waals surface area contributed by atoms with Gasteiger partial charge >= 0.3 is 0 Å². The fourth-order valence-corrected chi connectivity index (χ4v) is 2.21. The summed E-state index contributed by atoms with van der Waals surface area (Å²) < 4.78 is 0. The third-order valence-corrected chi connectivity index (χ3v) is 3.36. The van der Waals surface area contributed by atoms with Crippen LogP contribution in [0.2, 0.25) is 5.02 Å². The zero-order chi connectivity index (χ0) is 13.5. The van der Waals surface area contributed by atoms with Crippen LogP contribution in [0.1, 0.15) is 37.8 Å². The highest BCUT2D eigenvalue weighted by Crippen LogP contribution is 2.28. The summed E-state index contributed by atoms with van der Waals surface area (Å²) in [5, 5.41) is 9.47. The molecule has 0 aliphatic rings. The summed E-state index contributed by atoms with van der Waals surface area (Å²) >= 11 is 6.27. The molecule has 102 valence electrons. The first kappa shape index (κ1) is 15.3. The zero-order valence-corrected chi connectivity index (χ0v) is 12.0. The molecule has 3 N–H and O–H groups in total. The van der Waals surface area contributed by atoms with Crippen LogP contribution in [0, 0.1) is 0 Å². The molecule has 0 aliphatic heterocycles. The monoisotopic (exact) mass is 270 g/mol. The van der Waals surface area contributed by atoms with E-state index >= 15 is 0 Å². The number of anilines is 1. The molecular weight excluding hydrogens is 248 g/mol. The van der Waals surface area contributed by atoms with E-state index in [9.17, 15) is 0 Å². The Morgan fingerprint density at radius 3 is 2.61 bits per heavy atom. The molecule has 0 aromatic heterocycles. The summed E-state index contributed by atoms with van der Waals surface area (Å²) in [6.45, 7) is 3.16. The maximum Gasteiger partial charge on any atom is 0.0642 e. The van der Waals surface area contributed by atoms with E-state index in [1.54, 1.807) is 0 Å². The minimum absolute atomic E-state index is 0.00594. The molecular formula is C14H23ClN2O. The van der Waals surface area contributed by atoms with E-state index in [1.165, 1.54) is 0 Å². The lowest BCUT2D eigenvalue weighted by molar-refractivity contribution is 0.283. The fourth-order valence-electron chi connectivity index (χ4n) is 1.87. The lowest BCUT2D eigenvalue weighted by Crippen LogP contribution is -2.19. The average molecular weight is 271 g/mol. The minimum Gasteiger partial charge on any atom is -0.396 e. The highest BCUT2D eigenvalue weighted by Gasteiger charge is 2.08. The second kappa shape index (κ2) is 7.62. The van der Waals surface area contributed by atoms with Crippen molar-refractivity contribution in [1.82, 2.24) is 0 Å². The van der Waals surface area contributed by atoms with Gasteiger partial charge < -0.3 is 15.7 Å². The topological polar surface area (TPSA) is 49.5 Å². The van der Waals surface area contributed by atoms with Crippen molar-refractivity contribution in [3.63, 3.8) is 0 Å². The van der Waals surface area contributed by atoms with Crippen molar-refractivity contribution in [2.45, 2.75) is 32.2 Å². The molecule has 0 radical (unpaired) electrons. The van der Waals surface area contributed by atoms with Gasteiger partial charge in [-0.1, -0.05) is 17.7 Å². The van der Waals surface area contributed by atoms with Crippen molar-refractivity contribution >= 4 is 17.3 Å². The summed E-state index contributed by atoms with van der Waals surface area (Å²) in [6, 6.07) is 5.99. The first-order valence-corrected chi connectivity index (χ1v) is 6.81. The third-order valence-electron chi connectivity index (χ3n) is 3.06. The number of aliphatic hydroxyl groups is 1. The maximum absolute atomic E-state index is 8.73. The molecule has 4 heteroatoms. The van der Waals surface area contributed by atoms with Crippen LogP contribution in [0.3, 0.4) is 0 Å². The molecule has 1 aromatic rings. The van der Waals surface area contributed by atoms with E-state index in [4.69, 9.17) is 22.4 Å². The van der Waals surface area contributed by atoms with Crippen LogP contribution in [0.25, 0.3) is 0 Å². The summed E-state index contributed by atoms with van der Waals surface area (Å²) in [5.41, 5.74) is 7.91. The van der Waals surface area contributed by atoms with E-state index < -0.39 is 0 Å². The number of hydrogen-bond acceptors (Lipinski definition) is 3. The van der Waals surface area contributed by atoms with E-state index in [0.717, 1.165) is 42.1 Å². The fraction of sp³-hybridized carbons (Fsp3) is 0.571. The van der Waals surface area contributed by atoms with Gasteiger partial charge in [0.05, 0.1) is 10.7 Å². The van der Waals surface area contributed by atoms with E-state index in [1.807, 2.05) is 32.2 Å². The third kappa shape index (κ3) is 4.48. The molecule has 3 nitrogen and oxygen atoms in total. The highest BCUT2D eigenvalue weighted by atomic mass is 35.5. The van der Waals surface area contributed by atoms with Crippen LogP contribution in [-0.2, 0) is 0 Å². The Morgan fingerprint density at radius 2 is 2.06 bits per heavy atom. The van der Waals surface area contributed by atoms with Crippen molar-refractivity contribution in [2.24, 2.45) is 5.73 Å². The van der Waals surface area contributed by atoms with Crippen LogP contribution < -0.4 is 10.6 Å². The summed E-state index contributed by atoms with van der Waals surface area (Å²) in [5.74, 6) is 0. The van der Waals surface area contributed by atoms with Gasteiger partial charge in [0, 0.05) is 26.2 Å². The predicted molar refractivity (Wildman–Crippen MR) is 78.3 cm³/mol. The molecule has 1 aromatic carbocycles. The summed E-state index contributed by atoms with van der Waals surface area (Å²) in [4.78, 5) is 2.14. The number of hydrogen-bond donors (Lipinski definition) is 2. The normalized spacial score (nSPS) is 12.5. The first-order valence-electron chi connectivity index (χ1n) is 6.43. The molecule has 0 spiro atoms. The van der Waals surface area contributed by atoms with Crippen molar-refractivity contribution < 1.29 is 5.11 Å². The number of nitrogens with zero attached hydrogens (tertiary/aromatic N) is 1. The number of halogens is 1. The lowest BCUT2D eigenvalue weighted by Gasteiger charge is -2.21. The van der Waals surface area contributed by atoms with Crippen LogP contribution in [0.5, 0.6) is 0 Å². The van der Waals surface area contributed by atoms with Crippen LogP contribution in [-0.4, -0.2) is 25.3 Å². The average Bonchev–Trinajstić information content (AvgIpc) is 2.34. The minimum atomic E-state index is 0.00594. The molecule has 0 saturated carbocycles. The van der Waals surface area contributed by atoms with Gasteiger partial charge in [0.1, 0.15) is 0 Å². The van der Waals surface area contributed by atoms with Crippen molar-refractivity contribution in [3.8, 4) is 0 Å². The Labute approximate surface area is 115 Å². The molecule has 0 unspecified atom stereocenters. The van der Waals surface area contributed by atoms with Crippen molar-refractivity contribution in [1.29, 1.82) is 0 Å². The Morgan fingerprint density at radius 1 is 1.33 bits per heavy atom. The Kier molecular flexibility index (Phi) is 6.47. The van der Waals surface area contributed by atoms with E-state index in [2.05, 4.69) is 4.90 Å². The molecule has 0 saturated heterocycles. The number of nitrogens with two attached hydrogens (primary N) is 1. The van der Waals surface area contributed by atoms with Gasteiger partial charge in [-0.25, -0.2) is 0 Å². The van der Waals surface area contributed by atoms with Gasteiger partial charge in [-0.15, -0.1) is 0 Å². The molecule has 0 bridgehead atoms. The lowest BCUT2D eigenvalue weighted by atomic mass is 10.1. The largest absolute Gasteiger partial charge is 0.396 e.